The molecule has 2 heterocycles. The van der Waals surface area contributed by atoms with Gasteiger partial charge in [0.1, 0.15) is 0 Å². The van der Waals surface area contributed by atoms with Gasteiger partial charge in [-0.2, -0.15) is 4.31 Å². The number of nitrogens with zero attached hydrogens (tertiary/aromatic N) is 2. The van der Waals surface area contributed by atoms with E-state index in [0.717, 1.165) is 18.9 Å². The number of hydrogen-bond acceptors (Lipinski definition) is 8. The summed E-state index contributed by atoms with van der Waals surface area (Å²) < 4.78 is 37.1. The second-order valence-electron chi connectivity index (χ2n) is 7.56. The number of carbonyl (C=O) groups is 2. The van der Waals surface area contributed by atoms with Crippen LogP contribution in [0.3, 0.4) is 0 Å². The third kappa shape index (κ3) is 4.91. The Morgan fingerprint density at radius 2 is 1.88 bits per heavy atom. The van der Waals surface area contributed by atoms with Gasteiger partial charge in [0.25, 0.3) is 0 Å². The van der Waals surface area contributed by atoms with Crippen LogP contribution in [0.4, 0.5) is 5.69 Å². The van der Waals surface area contributed by atoms with Gasteiger partial charge in [0.2, 0.25) is 15.8 Å². The Hall–Kier alpha value is -3.25. The molecular weight excluding hydrogens is 454 g/mol. The third-order valence-corrected chi connectivity index (χ3v) is 7.28. The minimum absolute atomic E-state index is 0.131. The molecule has 0 spiro atoms. The summed E-state index contributed by atoms with van der Waals surface area (Å²) in [7, 11) is -3.85. The monoisotopic (exact) mass is 479 g/mol. The van der Waals surface area contributed by atoms with Crippen LogP contribution in [-0.4, -0.2) is 60.7 Å². The Kier molecular flexibility index (Phi) is 7.18. The number of nitro groups is 1. The minimum atomic E-state index is -3.85. The van der Waals surface area contributed by atoms with Crippen molar-refractivity contribution in [3.8, 4) is 5.75 Å². The summed E-state index contributed by atoms with van der Waals surface area (Å²) in [6.07, 6.45) is 1.47. The molecule has 1 aromatic carbocycles. The number of ether oxygens (including phenoxy) is 2. The van der Waals surface area contributed by atoms with Gasteiger partial charge in [-0.3, -0.25) is 14.9 Å². The maximum Gasteiger partial charge on any atom is 0.340 e. The first-order valence-electron chi connectivity index (χ1n) is 10.4. The number of nitro benzene ring substituents is 1. The normalized spacial score (nSPS) is 14.3. The van der Waals surface area contributed by atoms with E-state index in [9.17, 15) is 28.1 Å². The van der Waals surface area contributed by atoms with Crippen molar-refractivity contribution >= 4 is 27.5 Å². The molecule has 0 saturated carbocycles. The summed E-state index contributed by atoms with van der Waals surface area (Å²) in [5.41, 5.74) is 0.668. The van der Waals surface area contributed by atoms with Crippen molar-refractivity contribution in [2.45, 2.75) is 38.5 Å². The number of sulfonamides is 1. The zero-order valence-corrected chi connectivity index (χ0v) is 19.4. The van der Waals surface area contributed by atoms with E-state index in [1.807, 2.05) is 0 Å². The van der Waals surface area contributed by atoms with E-state index in [1.165, 1.54) is 16.4 Å². The topological polar surface area (TPSA) is 149 Å². The van der Waals surface area contributed by atoms with Crippen LogP contribution < -0.4 is 4.74 Å². The number of Topliss-reactive ketones (excluding diaryl/α,β-unsaturated/α-hetero) is 1. The molecule has 2 aromatic rings. The van der Waals surface area contributed by atoms with Crippen molar-refractivity contribution in [1.29, 1.82) is 0 Å². The van der Waals surface area contributed by atoms with Crippen molar-refractivity contribution in [2.24, 2.45) is 0 Å². The highest BCUT2D eigenvalue weighted by Gasteiger charge is 2.30. The second kappa shape index (κ2) is 9.71. The molecule has 0 amide bonds. The molecule has 3 rings (SSSR count). The van der Waals surface area contributed by atoms with Gasteiger partial charge in [0.05, 0.1) is 27.7 Å². The van der Waals surface area contributed by atoms with E-state index in [1.54, 1.807) is 20.8 Å². The van der Waals surface area contributed by atoms with Crippen LogP contribution in [-0.2, 0) is 14.8 Å². The number of hydrogen-bond donors (Lipinski definition) is 1. The van der Waals surface area contributed by atoms with Gasteiger partial charge in [-0.25, -0.2) is 13.2 Å². The van der Waals surface area contributed by atoms with Crippen molar-refractivity contribution in [3.05, 3.63) is 50.8 Å². The van der Waals surface area contributed by atoms with Gasteiger partial charge in [0.15, 0.2) is 12.4 Å². The fourth-order valence-electron chi connectivity index (χ4n) is 3.75. The predicted octanol–water partition coefficient (Wildman–Crippen LogP) is 2.76. The lowest BCUT2D eigenvalue weighted by atomic mass is 10.1. The highest BCUT2D eigenvalue weighted by Crippen LogP contribution is 2.32. The maximum absolute atomic E-state index is 12.7. The van der Waals surface area contributed by atoms with E-state index in [4.69, 9.17) is 9.47 Å². The molecule has 0 unspecified atom stereocenters. The number of H-pyrrole nitrogens is 1. The molecule has 33 heavy (non-hydrogen) atoms. The molecular formula is C21H25N3O8S. The smallest absolute Gasteiger partial charge is 0.340 e. The number of esters is 1. The van der Waals surface area contributed by atoms with Gasteiger partial charge in [-0.1, -0.05) is 0 Å². The van der Waals surface area contributed by atoms with Crippen molar-refractivity contribution in [1.82, 2.24) is 9.29 Å². The van der Waals surface area contributed by atoms with Gasteiger partial charge in [0, 0.05) is 24.8 Å². The number of aromatic nitrogens is 1. The Bertz CT molecular complexity index is 1200. The van der Waals surface area contributed by atoms with Gasteiger partial charge < -0.3 is 14.5 Å². The molecule has 1 aromatic heterocycles. The zero-order chi connectivity index (χ0) is 24.3. The SMILES string of the molecule is CCOC(=O)c1c(C)[nH]c(C(=O)COc2ccc(S(=O)(=O)N3CCCC3)cc2[N+](=O)[O-])c1C. The van der Waals surface area contributed by atoms with E-state index < -0.39 is 39.0 Å². The Morgan fingerprint density at radius 1 is 1.21 bits per heavy atom. The second-order valence-corrected chi connectivity index (χ2v) is 9.49. The van der Waals surface area contributed by atoms with Crippen LogP contribution in [0.15, 0.2) is 23.1 Å². The Morgan fingerprint density at radius 3 is 2.48 bits per heavy atom. The molecule has 0 aliphatic carbocycles. The zero-order valence-electron chi connectivity index (χ0n) is 18.5. The first kappa shape index (κ1) is 24.4. The van der Waals surface area contributed by atoms with Crippen LogP contribution in [0.5, 0.6) is 5.75 Å². The number of rotatable bonds is 9. The number of benzene rings is 1. The van der Waals surface area contributed by atoms with Crippen LogP contribution in [0.25, 0.3) is 0 Å². The summed E-state index contributed by atoms with van der Waals surface area (Å²) in [6.45, 7) is 5.25. The molecule has 1 saturated heterocycles. The largest absolute Gasteiger partial charge is 0.478 e. The fourth-order valence-corrected chi connectivity index (χ4v) is 5.29. The number of ketones is 1. The lowest BCUT2D eigenvalue weighted by Gasteiger charge is -2.15. The van der Waals surface area contributed by atoms with Gasteiger partial charge >= 0.3 is 11.7 Å². The van der Waals surface area contributed by atoms with E-state index in [0.29, 0.717) is 24.3 Å². The maximum atomic E-state index is 12.7. The lowest BCUT2D eigenvalue weighted by Crippen LogP contribution is -2.27. The highest BCUT2D eigenvalue weighted by molar-refractivity contribution is 7.89. The van der Waals surface area contributed by atoms with Gasteiger partial charge in [-0.15, -0.1) is 0 Å². The number of carbonyl (C=O) groups excluding carboxylic acids is 2. The Balaban J connectivity index is 1.81. The summed E-state index contributed by atoms with van der Waals surface area (Å²) in [5, 5.41) is 11.6. The molecule has 0 radical (unpaired) electrons. The predicted molar refractivity (Wildman–Crippen MR) is 117 cm³/mol. The summed E-state index contributed by atoms with van der Waals surface area (Å²) in [5.74, 6) is -1.33. The fraction of sp³-hybridized carbons (Fsp3) is 0.429. The summed E-state index contributed by atoms with van der Waals surface area (Å²) >= 11 is 0. The Labute approximate surface area is 190 Å². The van der Waals surface area contributed by atoms with E-state index in [-0.39, 0.29) is 28.5 Å². The summed E-state index contributed by atoms with van der Waals surface area (Å²) in [4.78, 5) is 38.2. The minimum Gasteiger partial charge on any atom is -0.478 e. The number of aromatic amines is 1. The molecule has 1 aliphatic rings. The third-order valence-electron chi connectivity index (χ3n) is 5.38. The van der Waals surface area contributed by atoms with Crippen molar-refractivity contribution in [3.63, 3.8) is 0 Å². The highest BCUT2D eigenvalue weighted by atomic mass is 32.2. The van der Waals surface area contributed by atoms with E-state index in [2.05, 4.69) is 4.98 Å². The average Bonchev–Trinajstić information content (AvgIpc) is 3.40. The first-order chi connectivity index (χ1) is 15.6. The number of aryl methyl sites for hydroxylation is 1. The van der Waals surface area contributed by atoms with Crippen LogP contribution in [0, 0.1) is 24.0 Å². The molecule has 12 heteroatoms. The molecule has 1 N–H and O–H groups in total. The van der Waals surface area contributed by atoms with Crippen molar-refractivity contribution < 1.29 is 32.4 Å². The van der Waals surface area contributed by atoms with Gasteiger partial charge in [-0.05, 0) is 51.3 Å². The van der Waals surface area contributed by atoms with Crippen LogP contribution in [0.1, 0.15) is 51.9 Å². The summed E-state index contributed by atoms with van der Waals surface area (Å²) in [6, 6.07) is 3.34. The number of nitrogens with one attached hydrogen (secondary N) is 1. The van der Waals surface area contributed by atoms with E-state index >= 15 is 0 Å². The van der Waals surface area contributed by atoms with Crippen LogP contribution in [0.2, 0.25) is 0 Å². The lowest BCUT2D eigenvalue weighted by molar-refractivity contribution is -0.386. The average molecular weight is 480 g/mol. The van der Waals surface area contributed by atoms with Crippen molar-refractivity contribution in [2.75, 3.05) is 26.3 Å². The molecule has 11 nitrogen and oxygen atoms in total. The molecule has 1 aliphatic heterocycles. The molecule has 0 bridgehead atoms. The molecule has 178 valence electrons. The molecule has 1 fully saturated rings. The molecule has 0 atom stereocenters. The standard InChI is InChI=1S/C21H25N3O8S/c1-4-31-21(26)19-13(2)20(22-14(19)3)17(25)12-32-18-8-7-15(11-16(18)24(27)28)33(29,30)23-9-5-6-10-23/h7-8,11,22H,4-6,9-10,12H2,1-3H3. The van der Waals surface area contributed by atoms with Crippen LogP contribution >= 0.6 is 0 Å². The first-order valence-corrected chi connectivity index (χ1v) is 11.8. The quantitative estimate of drug-likeness (QED) is 0.250.